The first-order valence-electron chi connectivity index (χ1n) is 5.44. The minimum atomic E-state index is 0.194. The molecule has 0 saturated heterocycles. The second kappa shape index (κ2) is 3.24. The summed E-state index contributed by atoms with van der Waals surface area (Å²) in [5.41, 5.74) is 7.78. The summed E-state index contributed by atoms with van der Waals surface area (Å²) in [5, 5.41) is 0. The third-order valence-corrected chi connectivity index (χ3v) is 3.92. The molecule has 1 atom stereocenters. The molecule has 15 heavy (non-hydrogen) atoms. The lowest BCUT2D eigenvalue weighted by Gasteiger charge is -2.19. The van der Waals surface area contributed by atoms with Gasteiger partial charge in [-0.15, -0.1) is 0 Å². The standard InChI is InChI=1S/C13H19NO/c1-10(7-11-5-4-6-15-11)13(9-14)8-12(13,2)3/h4-7H,8-9,14H2,1-3H3/b10-7-. The summed E-state index contributed by atoms with van der Waals surface area (Å²) in [6.07, 6.45) is 4.99. The molecule has 1 aliphatic carbocycles. The molecule has 0 aliphatic heterocycles. The summed E-state index contributed by atoms with van der Waals surface area (Å²) in [4.78, 5) is 0. The van der Waals surface area contributed by atoms with Crippen LogP contribution in [-0.2, 0) is 0 Å². The summed E-state index contributed by atoms with van der Waals surface area (Å²) in [7, 11) is 0. The van der Waals surface area contributed by atoms with Gasteiger partial charge >= 0.3 is 0 Å². The molecule has 0 spiro atoms. The highest BCUT2D eigenvalue weighted by atomic mass is 16.3. The molecule has 0 aromatic carbocycles. The Morgan fingerprint density at radius 1 is 1.60 bits per heavy atom. The molecule has 1 aromatic rings. The van der Waals surface area contributed by atoms with E-state index in [0.717, 1.165) is 12.3 Å². The van der Waals surface area contributed by atoms with Crippen LogP contribution in [0.3, 0.4) is 0 Å². The van der Waals surface area contributed by atoms with Gasteiger partial charge < -0.3 is 10.2 Å². The van der Waals surface area contributed by atoms with Gasteiger partial charge in [0.2, 0.25) is 0 Å². The third kappa shape index (κ3) is 1.53. The lowest BCUT2D eigenvalue weighted by Crippen LogP contribution is -2.22. The van der Waals surface area contributed by atoms with Gasteiger partial charge in [-0.05, 0) is 37.0 Å². The molecule has 82 valence electrons. The first kappa shape index (κ1) is 10.5. The van der Waals surface area contributed by atoms with Crippen LogP contribution in [0.15, 0.2) is 28.4 Å². The van der Waals surface area contributed by atoms with E-state index in [1.165, 1.54) is 12.0 Å². The predicted molar refractivity (Wildman–Crippen MR) is 62.2 cm³/mol. The van der Waals surface area contributed by atoms with E-state index in [4.69, 9.17) is 10.2 Å². The molecule has 1 heterocycles. The summed E-state index contributed by atoms with van der Waals surface area (Å²) in [6.45, 7) is 7.44. The molecule has 1 aromatic heterocycles. The van der Waals surface area contributed by atoms with Crippen LogP contribution in [0.5, 0.6) is 0 Å². The van der Waals surface area contributed by atoms with Crippen molar-refractivity contribution >= 4 is 6.08 Å². The van der Waals surface area contributed by atoms with E-state index in [9.17, 15) is 0 Å². The Kier molecular flexibility index (Phi) is 2.27. The minimum absolute atomic E-state index is 0.194. The highest BCUT2D eigenvalue weighted by Crippen LogP contribution is 2.66. The van der Waals surface area contributed by atoms with E-state index in [1.807, 2.05) is 12.1 Å². The Balaban J connectivity index is 2.25. The predicted octanol–water partition coefficient (Wildman–Crippen LogP) is 3.06. The van der Waals surface area contributed by atoms with Crippen LogP contribution < -0.4 is 5.73 Å². The first-order chi connectivity index (χ1) is 7.02. The van der Waals surface area contributed by atoms with Gasteiger partial charge in [-0.25, -0.2) is 0 Å². The molecule has 0 bridgehead atoms. The van der Waals surface area contributed by atoms with Crippen molar-refractivity contribution in [3.05, 3.63) is 29.7 Å². The average Bonchev–Trinajstić information content (AvgIpc) is 2.58. The van der Waals surface area contributed by atoms with E-state index >= 15 is 0 Å². The van der Waals surface area contributed by atoms with Gasteiger partial charge in [0.25, 0.3) is 0 Å². The Bertz CT molecular complexity index is 375. The van der Waals surface area contributed by atoms with Gasteiger partial charge in [-0.2, -0.15) is 0 Å². The van der Waals surface area contributed by atoms with Crippen LogP contribution in [0.4, 0.5) is 0 Å². The second-order valence-corrected chi connectivity index (χ2v) is 5.19. The SMILES string of the molecule is C/C(=C/c1ccco1)C1(CN)CC1(C)C. The van der Waals surface area contributed by atoms with Crippen molar-refractivity contribution in [1.29, 1.82) is 0 Å². The van der Waals surface area contributed by atoms with E-state index in [2.05, 4.69) is 26.8 Å². The molecule has 0 radical (unpaired) electrons. The summed E-state index contributed by atoms with van der Waals surface area (Å²) < 4.78 is 5.32. The van der Waals surface area contributed by atoms with Crippen LogP contribution in [-0.4, -0.2) is 6.54 Å². The van der Waals surface area contributed by atoms with Crippen molar-refractivity contribution in [1.82, 2.24) is 0 Å². The Morgan fingerprint density at radius 3 is 2.67 bits per heavy atom. The highest BCUT2D eigenvalue weighted by Gasteiger charge is 2.60. The van der Waals surface area contributed by atoms with Crippen molar-refractivity contribution in [3.8, 4) is 0 Å². The van der Waals surface area contributed by atoms with Gasteiger partial charge in [0.1, 0.15) is 5.76 Å². The molecular weight excluding hydrogens is 186 g/mol. The zero-order valence-electron chi connectivity index (χ0n) is 9.71. The lowest BCUT2D eigenvalue weighted by atomic mass is 9.88. The van der Waals surface area contributed by atoms with Gasteiger partial charge in [0.15, 0.2) is 0 Å². The molecule has 2 N–H and O–H groups in total. The van der Waals surface area contributed by atoms with Crippen LogP contribution in [0, 0.1) is 10.8 Å². The van der Waals surface area contributed by atoms with Crippen LogP contribution >= 0.6 is 0 Å². The Hall–Kier alpha value is -1.02. The Labute approximate surface area is 91.2 Å². The number of hydrogen-bond acceptors (Lipinski definition) is 2. The molecule has 1 fully saturated rings. The second-order valence-electron chi connectivity index (χ2n) is 5.19. The van der Waals surface area contributed by atoms with Crippen molar-refractivity contribution in [2.45, 2.75) is 27.2 Å². The number of nitrogens with two attached hydrogens (primary N) is 1. The minimum Gasteiger partial charge on any atom is -0.465 e. The van der Waals surface area contributed by atoms with E-state index in [1.54, 1.807) is 6.26 Å². The molecule has 1 saturated carbocycles. The topological polar surface area (TPSA) is 39.2 Å². The summed E-state index contributed by atoms with van der Waals surface area (Å²) >= 11 is 0. The monoisotopic (exact) mass is 205 g/mol. The summed E-state index contributed by atoms with van der Waals surface area (Å²) in [5.74, 6) is 0.919. The van der Waals surface area contributed by atoms with Gasteiger partial charge in [0.05, 0.1) is 6.26 Å². The lowest BCUT2D eigenvalue weighted by molar-refractivity contribution is 0.453. The van der Waals surface area contributed by atoms with Crippen LogP contribution in [0.1, 0.15) is 33.0 Å². The maximum Gasteiger partial charge on any atom is 0.126 e. The fourth-order valence-electron chi connectivity index (χ4n) is 2.62. The Morgan fingerprint density at radius 2 is 2.27 bits per heavy atom. The van der Waals surface area contributed by atoms with Gasteiger partial charge in [-0.1, -0.05) is 19.4 Å². The molecule has 2 rings (SSSR count). The molecular formula is C13H19NO. The van der Waals surface area contributed by atoms with Crippen molar-refractivity contribution in [2.24, 2.45) is 16.6 Å². The molecule has 2 heteroatoms. The quantitative estimate of drug-likeness (QED) is 0.823. The fraction of sp³-hybridized carbons (Fsp3) is 0.538. The summed E-state index contributed by atoms with van der Waals surface area (Å²) in [6, 6.07) is 3.88. The van der Waals surface area contributed by atoms with Gasteiger partial charge in [0, 0.05) is 12.0 Å². The largest absolute Gasteiger partial charge is 0.465 e. The van der Waals surface area contributed by atoms with Crippen molar-refractivity contribution in [2.75, 3.05) is 6.54 Å². The number of furan rings is 1. The molecule has 1 aliphatic rings. The average molecular weight is 205 g/mol. The number of rotatable bonds is 3. The maximum absolute atomic E-state index is 5.90. The zero-order chi connectivity index (χ0) is 11.1. The number of hydrogen-bond donors (Lipinski definition) is 1. The molecule has 1 unspecified atom stereocenters. The van der Waals surface area contributed by atoms with Crippen LogP contribution in [0.25, 0.3) is 6.08 Å². The van der Waals surface area contributed by atoms with Crippen molar-refractivity contribution < 1.29 is 4.42 Å². The molecule has 0 amide bonds. The van der Waals surface area contributed by atoms with Gasteiger partial charge in [-0.3, -0.25) is 0 Å². The normalized spacial score (nSPS) is 29.2. The smallest absolute Gasteiger partial charge is 0.126 e. The van der Waals surface area contributed by atoms with E-state index in [0.29, 0.717) is 5.41 Å². The van der Waals surface area contributed by atoms with E-state index in [-0.39, 0.29) is 5.41 Å². The first-order valence-corrected chi connectivity index (χ1v) is 5.44. The third-order valence-electron chi connectivity index (χ3n) is 3.92. The highest BCUT2D eigenvalue weighted by molar-refractivity contribution is 5.51. The molecule has 2 nitrogen and oxygen atoms in total. The maximum atomic E-state index is 5.90. The van der Waals surface area contributed by atoms with E-state index < -0.39 is 0 Å². The van der Waals surface area contributed by atoms with Crippen LogP contribution in [0.2, 0.25) is 0 Å². The zero-order valence-corrected chi connectivity index (χ0v) is 9.71. The van der Waals surface area contributed by atoms with Crippen molar-refractivity contribution in [3.63, 3.8) is 0 Å². The fourth-order valence-corrected chi connectivity index (χ4v) is 2.62.